The number of hydrogen-bond donors (Lipinski definition) is 1. The van der Waals surface area contributed by atoms with Crippen molar-refractivity contribution >= 4 is 21.4 Å². The minimum absolute atomic E-state index is 0.0328. The van der Waals surface area contributed by atoms with E-state index in [9.17, 15) is 0 Å². The van der Waals surface area contributed by atoms with Gasteiger partial charge in [0.05, 0.1) is 0 Å². The first kappa shape index (κ1) is 14.3. The monoisotopic (exact) mass is 295 g/mol. The fourth-order valence-electron chi connectivity index (χ4n) is 3.09. The van der Waals surface area contributed by atoms with Crippen molar-refractivity contribution in [3.63, 3.8) is 0 Å². The van der Waals surface area contributed by atoms with Crippen LogP contribution in [0, 0.1) is 0 Å². The minimum atomic E-state index is 0.0328. The molecule has 21 heavy (non-hydrogen) atoms. The zero-order valence-electron chi connectivity index (χ0n) is 12.4. The molecular formula is C19H21NS. The molecule has 0 spiro atoms. The van der Waals surface area contributed by atoms with Crippen LogP contribution in [-0.2, 0) is 11.8 Å². The van der Waals surface area contributed by atoms with Gasteiger partial charge in [0.15, 0.2) is 0 Å². The third kappa shape index (κ3) is 2.61. The lowest BCUT2D eigenvalue weighted by molar-refractivity contribution is 0.420. The Bertz CT molecular complexity index is 711. The summed E-state index contributed by atoms with van der Waals surface area (Å²) >= 11 is 1.83. The van der Waals surface area contributed by atoms with E-state index < -0.39 is 0 Å². The highest BCUT2D eigenvalue weighted by Gasteiger charge is 2.29. The van der Waals surface area contributed by atoms with E-state index in [0.717, 1.165) is 12.8 Å². The number of thiophene rings is 1. The van der Waals surface area contributed by atoms with Crippen molar-refractivity contribution in [3.8, 4) is 0 Å². The van der Waals surface area contributed by atoms with E-state index in [0.29, 0.717) is 6.54 Å². The lowest BCUT2D eigenvalue weighted by Crippen LogP contribution is -2.36. The molecule has 0 saturated carbocycles. The Morgan fingerprint density at radius 1 is 1.00 bits per heavy atom. The van der Waals surface area contributed by atoms with Gasteiger partial charge in [0.2, 0.25) is 0 Å². The average Bonchev–Trinajstić information content (AvgIpc) is 2.96. The van der Waals surface area contributed by atoms with Crippen LogP contribution in [0.15, 0.2) is 60.0 Å². The molecule has 0 bridgehead atoms. The maximum absolute atomic E-state index is 6.21. The van der Waals surface area contributed by atoms with Gasteiger partial charge in [-0.2, -0.15) is 0 Å². The molecule has 2 aromatic carbocycles. The standard InChI is InChI=1S/C19H21NS/c1-2-19(14-20,16-8-4-3-5-9-16)12-15-13-21-18-11-7-6-10-17(15)18/h3-11,13H,2,12,14,20H2,1H3. The molecule has 108 valence electrons. The van der Waals surface area contributed by atoms with E-state index in [1.54, 1.807) is 0 Å². The summed E-state index contributed by atoms with van der Waals surface area (Å²) in [5, 5.41) is 3.68. The molecule has 0 aliphatic rings. The van der Waals surface area contributed by atoms with E-state index in [4.69, 9.17) is 5.73 Å². The molecule has 2 N–H and O–H groups in total. The predicted molar refractivity (Wildman–Crippen MR) is 93.0 cm³/mol. The van der Waals surface area contributed by atoms with E-state index in [-0.39, 0.29) is 5.41 Å². The molecule has 0 amide bonds. The Kier molecular flexibility index (Phi) is 4.09. The SMILES string of the molecule is CCC(CN)(Cc1csc2ccccc12)c1ccccc1. The smallest absolute Gasteiger partial charge is 0.0345 e. The van der Waals surface area contributed by atoms with Crippen molar-refractivity contribution in [1.29, 1.82) is 0 Å². The van der Waals surface area contributed by atoms with Crippen LogP contribution >= 0.6 is 11.3 Å². The molecular weight excluding hydrogens is 274 g/mol. The van der Waals surface area contributed by atoms with Crippen LogP contribution in [0.5, 0.6) is 0 Å². The largest absolute Gasteiger partial charge is 0.330 e. The molecule has 1 heterocycles. The van der Waals surface area contributed by atoms with Crippen molar-refractivity contribution in [3.05, 3.63) is 71.1 Å². The summed E-state index contributed by atoms with van der Waals surface area (Å²) in [6.45, 7) is 2.92. The third-order valence-corrected chi connectivity index (χ3v) is 5.56. The van der Waals surface area contributed by atoms with Crippen molar-refractivity contribution in [1.82, 2.24) is 0 Å². The predicted octanol–water partition coefficient (Wildman–Crippen LogP) is 4.75. The maximum Gasteiger partial charge on any atom is 0.0345 e. The molecule has 1 nitrogen and oxygen atoms in total. The van der Waals surface area contributed by atoms with Gasteiger partial charge in [-0.3, -0.25) is 0 Å². The molecule has 1 unspecified atom stereocenters. The molecule has 0 aliphatic carbocycles. The second-order valence-electron chi connectivity index (χ2n) is 5.64. The first-order valence-corrected chi connectivity index (χ1v) is 8.38. The van der Waals surface area contributed by atoms with Crippen molar-refractivity contribution < 1.29 is 0 Å². The van der Waals surface area contributed by atoms with Gasteiger partial charge >= 0.3 is 0 Å². The maximum atomic E-state index is 6.21. The molecule has 0 saturated heterocycles. The fourth-order valence-corrected chi connectivity index (χ4v) is 4.05. The normalized spacial score (nSPS) is 14.2. The average molecular weight is 295 g/mol. The third-order valence-electron chi connectivity index (χ3n) is 4.54. The molecule has 2 heteroatoms. The van der Waals surface area contributed by atoms with Crippen LogP contribution in [0.25, 0.3) is 10.1 Å². The van der Waals surface area contributed by atoms with E-state index in [2.05, 4.69) is 66.9 Å². The van der Waals surface area contributed by atoms with Crippen LogP contribution in [0.2, 0.25) is 0 Å². The molecule has 1 aromatic heterocycles. The lowest BCUT2D eigenvalue weighted by Gasteiger charge is -2.32. The van der Waals surface area contributed by atoms with Gasteiger partial charge in [0.1, 0.15) is 0 Å². The first-order chi connectivity index (χ1) is 10.3. The zero-order valence-corrected chi connectivity index (χ0v) is 13.2. The Balaban J connectivity index is 2.03. The van der Waals surface area contributed by atoms with Crippen molar-refractivity contribution in [2.45, 2.75) is 25.2 Å². The summed E-state index contributed by atoms with van der Waals surface area (Å²) in [4.78, 5) is 0. The summed E-state index contributed by atoms with van der Waals surface area (Å²) in [5.74, 6) is 0. The zero-order chi connectivity index (χ0) is 14.7. The topological polar surface area (TPSA) is 26.0 Å². The van der Waals surface area contributed by atoms with Gasteiger partial charge in [0, 0.05) is 16.7 Å². The van der Waals surface area contributed by atoms with E-state index in [1.165, 1.54) is 21.2 Å². The summed E-state index contributed by atoms with van der Waals surface area (Å²) in [6.07, 6.45) is 2.06. The van der Waals surface area contributed by atoms with Crippen molar-refractivity contribution in [2.24, 2.45) is 5.73 Å². The van der Waals surface area contributed by atoms with Gasteiger partial charge in [0.25, 0.3) is 0 Å². The van der Waals surface area contributed by atoms with Crippen LogP contribution in [0.4, 0.5) is 0 Å². The van der Waals surface area contributed by atoms with Gasteiger partial charge in [-0.25, -0.2) is 0 Å². The summed E-state index contributed by atoms with van der Waals surface area (Å²) in [6, 6.07) is 19.4. The highest BCUT2D eigenvalue weighted by atomic mass is 32.1. The summed E-state index contributed by atoms with van der Waals surface area (Å²) < 4.78 is 1.36. The van der Waals surface area contributed by atoms with E-state index >= 15 is 0 Å². The second-order valence-corrected chi connectivity index (χ2v) is 6.55. The molecule has 3 rings (SSSR count). The molecule has 0 radical (unpaired) electrons. The van der Waals surface area contributed by atoms with Crippen LogP contribution in [0.1, 0.15) is 24.5 Å². The van der Waals surface area contributed by atoms with Crippen LogP contribution in [-0.4, -0.2) is 6.54 Å². The highest BCUT2D eigenvalue weighted by Crippen LogP contribution is 2.35. The number of hydrogen-bond acceptors (Lipinski definition) is 2. The summed E-state index contributed by atoms with van der Waals surface area (Å²) in [7, 11) is 0. The quantitative estimate of drug-likeness (QED) is 0.722. The minimum Gasteiger partial charge on any atom is -0.330 e. The first-order valence-electron chi connectivity index (χ1n) is 7.50. The van der Waals surface area contributed by atoms with Gasteiger partial charge in [-0.05, 0) is 40.8 Å². The molecule has 1 atom stereocenters. The van der Waals surface area contributed by atoms with Gasteiger partial charge in [-0.15, -0.1) is 11.3 Å². The number of fused-ring (bicyclic) bond motifs is 1. The number of rotatable bonds is 5. The van der Waals surface area contributed by atoms with Gasteiger partial charge < -0.3 is 5.73 Å². The van der Waals surface area contributed by atoms with E-state index in [1.807, 2.05) is 11.3 Å². The Morgan fingerprint density at radius 2 is 1.71 bits per heavy atom. The fraction of sp³-hybridized carbons (Fsp3) is 0.263. The highest BCUT2D eigenvalue weighted by molar-refractivity contribution is 7.17. The van der Waals surface area contributed by atoms with Crippen LogP contribution < -0.4 is 5.73 Å². The van der Waals surface area contributed by atoms with Crippen LogP contribution in [0.3, 0.4) is 0 Å². The Hall–Kier alpha value is -1.64. The van der Waals surface area contributed by atoms with Crippen molar-refractivity contribution in [2.75, 3.05) is 6.54 Å². The Morgan fingerprint density at radius 3 is 2.43 bits per heavy atom. The number of benzene rings is 2. The Labute approximate surface area is 130 Å². The molecule has 0 fully saturated rings. The lowest BCUT2D eigenvalue weighted by atomic mass is 9.73. The molecule has 0 aliphatic heterocycles. The molecule has 3 aromatic rings. The second kappa shape index (κ2) is 6.00. The number of nitrogens with two attached hydrogens (primary N) is 1. The summed E-state index contributed by atoms with van der Waals surface area (Å²) in [5.41, 5.74) is 9.02. The van der Waals surface area contributed by atoms with Gasteiger partial charge in [-0.1, -0.05) is 55.5 Å².